The molecule has 2 aliphatic heterocycles. The molecule has 1 amide bonds. The van der Waals surface area contributed by atoms with Crippen molar-refractivity contribution >= 4 is 5.91 Å². The van der Waals surface area contributed by atoms with E-state index >= 15 is 0 Å². The summed E-state index contributed by atoms with van der Waals surface area (Å²) in [6.45, 7) is 7.01. The number of halogens is 1. The Bertz CT molecular complexity index is 903. The minimum Gasteiger partial charge on any atom is -0.336 e. The Morgan fingerprint density at radius 3 is 2.69 bits per heavy atom. The number of aryl methyl sites for hydroxylation is 1. The highest BCUT2D eigenvalue weighted by Crippen LogP contribution is 2.31. The van der Waals surface area contributed by atoms with Gasteiger partial charge in [0.2, 0.25) is 5.91 Å². The molecular formula is C26H35FN4O. The molecule has 3 N–H and O–H groups in total. The first-order valence-electron chi connectivity index (χ1n) is 11.8. The van der Waals surface area contributed by atoms with E-state index in [0.717, 1.165) is 38.2 Å². The summed E-state index contributed by atoms with van der Waals surface area (Å²) in [4.78, 5) is 17.5. The predicted octanol–water partition coefficient (Wildman–Crippen LogP) is 3.24. The van der Waals surface area contributed by atoms with Gasteiger partial charge in [-0.05, 0) is 55.0 Å². The van der Waals surface area contributed by atoms with E-state index in [1.54, 1.807) is 6.07 Å². The van der Waals surface area contributed by atoms with Crippen molar-refractivity contribution in [1.29, 1.82) is 0 Å². The fraction of sp³-hybridized carbons (Fsp3) is 0.500. The maximum Gasteiger partial charge on any atom is 0.223 e. The van der Waals surface area contributed by atoms with E-state index in [9.17, 15) is 9.18 Å². The lowest BCUT2D eigenvalue weighted by molar-refractivity contribution is -0.135. The summed E-state index contributed by atoms with van der Waals surface area (Å²) in [7, 11) is 0. The largest absolute Gasteiger partial charge is 0.336 e. The van der Waals surface area contributed by atoms with Gasteiger partial charge in [0.05, 0.1) is 6.04 Å². The van der Waals surface area contributed by atoms with Crippen LogP contribution in [0.15, 0.2) is 48.5 Å². The highest BCUT2D eigenvalue weighted by molar-refractivity contribution is 5.77. The Morgan fingerprint density at radius 2 is 1.94 bits per heavy atom. The van der Waals surface area contributed by atoms with Crippen molar-refractivity contribution < 1.29 is 9.18 Å². The average Bonchev–Trinajstić information content (AvgIpc) is 2.78. The van der Waals surface area contributed by atoms with Crippen molar-refractivity contribution in [3.8, 4) is 0 Å². The number of carbonyl (C=O) groups excluding carboxylic acids is 1. The first-order valence-corrected chi connectivity index (χ1v) is 11.8. The lowest BCUT2D eigenvalue weighted by Crippen LogP contribution is -2.48. The van der Waals surface area contributed by atoms with Crippen molar-refractivity contribution in [2.45, 2.75) is 57.3 Å². The molecular weight excluding hydrogens is 403 g/mol. The van der Waals surface area contributed by atoms with Crippen LogP contribution in [-0.4, -0.2) is 54.0 Å². The average molecular weight is 439 g/mol. The van der Waals surface area contributed by atoms with Crippen LogP contribution in [0.3, 0.4) is 0 Å². The van der Waals surface area contributed by atoms with Gasteiger partial charge in [-0.3, -0.25) is 9.69 Å². The minimum absolute atomic E-state index is 0.0403. The maximum absolute atomic E-state index is 13.8. The highest BCUT2D eigenvalue weighted by Gasteiger charge is 2.31. The van der Waals surface area contributed by atoms with Crippen LogP contribution in [0.25, 0.3) is 0 Å². The van der Waals surface area contributed by atoms with Gasteiger partial charge in [0.1, 0.15) is 5.82 Å². The fourth-order valence-corrected chi connectivity index (χ4v) is 4.94. The zero-order valence-electron chi connectivity index (χ0n) is 19.0. The Morgan fingerprint density at radius 1 is 1.16 bits per heavy atom. The summed E-state index contributed by atoms with van der Waals surface area (Å²) in [5, 5.41) is 3.48. The van der Waals surface area contributed by atoms with Crippen LogP contribution in [0, 0.1) is 5.82 Å². The van der Waals surface area contributed by atoms with Gasteiger partial charge < -0.3 is 16.0 Å². The first kappa shape index (κ1) is 22.9. The van der Waals surface area contributed by atoms with E-state index < -0.39 is 0 Å². The fourth-order valence-electron chi connectivity index (χ4n) is 4.94. The van der Waals surface area contributed by atoms with Crippen molar-refractivity contribution in [1.82, 2.24) is 15.1 Å². The molecule has 2 aromatic carbocycles. The molecule has 6 heteroatoms. The third-order valence-electron chi connectivity index (χ3n) is 6.71. The first-order chi connectivity index (χ1) is 15.5. The molecule has 0 aliphatic carbocycles. The number of piperazine rings is 1. The summed E-state index contributed by atoms with van der Waals surface area (Å²) < 4.78 is 13.8. The molecule has 4 rings (SSSR count). The topological polar surface area (TPSA) is 61.6 Å². The second-order valence-corrected chi connectivity index (χ2v) is 9.35. The van der Waals surface area contributed by atoms with Crippen molar-refractivity contribution in [2.75, 3.05) is 26.2 Å². The standard InChI is InChI=1S/C26H35FN4O/c1-19-17-30(14-12-29-19)18-21-7-5-20(6-8-21)9-10-26(32)31-13-11-24(28)16-25(31)22-3-2-4-23(27)15-22/h2-8,15,19,24-25,29H,9-14,16-18,28H2,1H3/t19-,24?,25?/m0/s1. The number of piperidine rings is 1. The van der Waals surface area contributed by atoms with Gasteiger partial charge in [-0.1, -0.05) is 36.4 Å². The summed E-state index contributed by atoms with van der Waals surface area (Å²) in [6, 6.07) is 15.6. The third-order valence-corrected chi connectivity index (χ3v) is 6.71. The SMILES string of the molecule is C[C@H]1CN(Cc2ccc(CCC(=O)N3CCC(N)CC3c3cccc(F)c3)cc2)CCN1. The van der Waals surface area contributed by atoms with Crippen LogP contribution < -0.4 is 11.1 Å². The normalized spacial score (nSPS) is 24.5. The lowest BCUT2D eigenvalue weighted by atomic mass is 9.91. The summed E-state index contributed by atoms with van der Waals surface area (Å²) in [5.41, 5.74) is 9.49. The second-order valence-electron chi connectivity index (χ2n) is 9.35. The van der Waals surface area contributed by atoms with Crippen molar-refractivity contribution in [2.24, 2.45) is 5.73 Å². The highest BCUT2D eigenvalue weighted by atomic mass is 19.1. The van der Waals surface area contributed by atoms with Crippen LogP contribution in [0.1, 0.15) is 48.9 Å². The molecule has 0 aromatic heterocycles. The van der Waals surface area contributed by atoms with Crippen LogP contribution in [-0.2, 0) is 17.8 Å². The zero-order valence-corrected chi connectivity index (χ0v) is 19.0. The van der Waals surface area contributed by atoms with Gasteiger partial charge in [0.25, 0.3) is 0 Å². The van der Waals surface area contributed by atoms with Gasteiger partial charge in [-0.15, -0.1) is 0 Å². The van der Waals surface area contributed by atoms with Crippen LogP contribution in [0.2, 0.25) is 0 Å². The smallest absolute Gasteiger partial charge is 0.223 e. The number of nitrogens with two attached hydrogens (primary N) is 1. The third kappa shape index (κ3) is 5.94. The summed E-state index contributed by atoms with van der Waals surface area (Å²) in [5.74, 6) is -0.158. The molecule has 3 atom stereocenters. The zero-order chi connectivity index (χ0) is 22.5. The number of carbonyl (C=O) groups is 1. The Hall–Kier alpha value is -2.28. The van der Waals surface area contributed by atoms with Gasteiger partial charge in [-0.25, -0.2) is 4.39 Å². The van der Waals surface area contributed by atoms with Gasteiger partial charge in [0.15, 0.2) is 0 Å². The van der Waals surface area contributed by atoms with Gasteiger partial charge in [0, 0.05) is 51.2 Å². The number of amides is 1. The quantitative estimate of drug-likeness (QED) is 0.727. The minimum atomic E-state index is -0.274. The van der Waals surface area contributed by atoms with Crippen LogP contribution in [0.4, 0.5) is 4.39 Å². The number of likely N-dealkylation sites (tertiary alicyclic amines) is 1. The van der Waals surface area contributed by atoms with E-state index in [0.29, 0.717) is 31.8 Å². The number of benzene rings is 2. The monoisotopic (exact) mass is 438 g/mol. The van der Waals surface area contributed by atoms with E-state index in [1.165, 1.54) is 23.3 Å². The van der Waals surface area contributed by atoms with Crippen molar-refractivity contribution in [3.05, 3.63) is 71.0 Å². The molecule has 5 nitrogen and oxygen atoms in total. The molecule has 2 saturated heterocycles. The molecule has 2 heterocycles. The molecule has 2 aliphatic rings. The molecule has 2 unspecified atom stereocenters. The molecule has 32 heavy (non-hydrogen) atoms. The molecule has 0 bridgehead atoms. The predicted molar refractivity (Wildman–Crippen MR) is 126 cm³/mol. The number of hydrogen-bond acceptors (Lipinski definition) is 4. The molecule has 2 aromatic rings. The van der Waals surface area contributed by atoms with E-state index in [-0.39, 0.29) is 23.8 Å². The lowest BCUT2D eigenvalue weighted by Gasteiger charge is -2.39. The Balaban J connectivity index is 1.34. The Kier molecular flexibility index (Phi) is 7.55. The molecule has 0 saturated carbocycles. The van der Waals surface area contributed by atoms with E-state index in [1.807, 2.05) is 11.0 Å². The summed E-state index contributed by atoms with van der Waals surface area (Å²) >= 11 is 0. The number of nitrogens with zero attached hydrogens (tertiary/aromatic N) is 2. The van der Waals surface area contributed by atoms with E-state index in [4.69, 9.17) is 5.73 Å². The maximum atomic E-state index is 13.8. The molecule has 0 radical (unpaired) electrons. The number of hydrogen-bond donors (Lipinski definition) is 2. The van der Waals surface area contributed by atoms with Gasteiger partial charge >= 0.3 is 0 Å². The molecule has 2 fully saturated rings. The van der Waals surface area contributed by atoms with Crippen LogP contribution >= 0.6 is 0 Å². The summed E-state index contributed by atoms with van der Waals surface area (Å²) in [6.07, 6.45) is 2.63. The van der Waals surface area contributed by atoms with Gasteiger partial charge in [-0.2, -0.15) is 0 Å². The molecule has 0 spiro atoms. The van der Waals surface area contributed by atoms with E-state index in [2.05, 4.69) is 41.4 Å². The second kappa shape index (κ2) is 10.6. The number of rotatable bonds is 6. The van der Waals surface area contributed by atoms with Crippen LogP contribution in [0.5, 0.6) is 0 Å². The molecule has 172 valence electrons. The Labute approximate surface area is 190 Å². The van der Waals surface area contributed by atoms with Crippen molar-refractivity contribution in [3.63, 3.8) is 0 Å². The number of nitrogens with one attached hydrogen (secondary N) is 1.